The van der Waals surface area contributed by atoms with E-state index in [1.165, 1.54) is 6.07 Å². The summed E-state index contributed by atoms with van der Waals surface area (Å²) in [5, 5.41) is 13.9. The number of halogens is 2. The molecule has 0 saturated heterocycles. The summed E-state index contributed by atoms with van der Waals surface area (Å²) in [7, 11) is 0. The van der Waals surface area contributed by atoms with Crippen molar-refractivity contribution in [3.63, 3.8) is 0 Å². The average molecular weight is 372 g/mol. The summed E-state index contributed by atoms with van der Waals surface area (Å²) in [6, 6.07) is 11.2. The van der Waals surface area contributed by atoms with Crippen LogP contribution in [-0.2, 0) is 4.79 Å². The van der Waals surface area contributed by atoms with E-state index in [0.717, 1.165) is 34.7 Å². The van der Waals surface area contributed by atoms with E-state index in [2.05, 4.69) is 20.8 Å². The van der Waals surface area contributed by atoms with Gasteiger partial charge in [-0.15, -0.1) is 10.2 Å². The normalized spacial score (nSPS) is 15.8. The van der Waals surface area contributed by atoms with Crippen molar-refractivity contribution in [1.82, 2.24) is 10.2 Å². The number of aromatic nitrogens is 2. The van der Waals surface area contributed by atoms with Gasteiger partial charge in [-0.3, -0.25) is 10.1 Å². The SMILES string of the molecule is O=C(Nc1nnc(-c2c(F)cccc2F)s1)C1CCNc2ccccc21. The minimum atomic E-state index is -0.716. The molecule has 1 aromatic heterocycles. The van der Waals surface area contributed by atoms with Gasteiger partial charge in [0, 0.05) is 12.2 Å². The number of hydrogen-bond donors (Lipinski definition) is 2. The molecule has 1 amide bonds. The largest absolute Gasteiger partial charge is 0.385 e. The molecule has 2 aromatic carbocycles. The van der Waals surface area contributed by atoms with Gasteiger partial charge in [-0.2, -0.15) is 0 Å². The second kappa shape index (κ2) is 6.80. The first-order valence-corrected chi connectivity index (χ1v) is 8.86. The van der Waals surface area contributed by atoms with E-state index >= 15 is 0 Å². The van der Waals surface area contributed by atoms with E-state index in [1.807, 2.05) is 24.3 Å². The maximum absolute atomic E-state index is 13.9. The van der Waals surface area contributed by atoms with Crippen molar-refractivity contribution in [2.24, 2.45) is 0 Å². The topological polar surface area (TPSA) is 66.9 Å². The summed E-state index contributed by atoms with van der Waals surface area (Å²) >= 11 is 0.938. The summed E-state index contributed by atoms with van der Waals surface area (Å²) in [5.74, 6) is -1.96. The number of anilines is 2. The van der Waals surface area contributed by atoms with E-state index in [-0.39, 0.29) is 27.5 Å². The van der Waals surface area contributed by atoms with Gasteiger partial charge in [0.15, 0.2) is 5.01 Å². The van der Waals surface area contributed by atoms with E-state index in [9.17, 15) is 13.6 Å². The van der Waals surface area contributed by atoms with Gasteiger partial charge in [-0.1, -0.05) is 35.6 Å². The number of carbonyl (C=O) groups excluding carboxylic acids is 1. The van der Waals surface area contributed by atoms with E-state index in [0.29, 0.717) is 13.0 Å². The zero-order valence-corrected chi connectivity index (χ0v) is 14.3. The number of para-hydroxylation sites is 1. The molecule has 1 aliphatic heterocycles. The minimum Gasteiger partial charge on any atom is -0.385 e. The fourth-order valence-corrected chi connectivity index (χ4v) is 3.81. The highest BCUT2D eigenvalue weighted by molar-refractivity contribution is 7.18. The van der Waals surface area contributed by atoms with Gasteiger partial charge in [-0.05, 0) is 30.2 Å². The number of benzene rings is 2. The standard InChI is InChI=1S/C18H14F2N4OS/c19-12-5-3-6-13(20)15(12)17-23-24-18(26-17)22-16(25)11-8-9-21-14-7-2-1-4-10(11)14/h1-7,11,21H,8-9H2,(H,22,24,25). The zero-order chi connectivity index (χ0) is 18.1. The highest BCUT2D eigenvalue weighted by Gasteiger charge is 2.27. The van der Waals surface area contributed by atoms with Crippen LogP contribution in [0, 0.1) is 11.6 Å². The molecule has 0 aliphatic carbocycles. The smallest absolute Gasteiger partial charge is 0.233 e. The molecular formula is C18H14F2N4OS. The molecule has 3 aromatic rings. The Balaban J connectivity index is 1.56. The number of amides is 1. The molecule has 0 spiro atoms. The third-order valence-electron chi connectivity index (χ3n) is 4.23. The van der Waals surface area contributed by atoms with Crippen LogP contribution >= 0.6 is 11.3 Å². The fourth-order valence-electron chi connectivity index (χ4n) is 3.01. The van der Waals surface area contributed by atoms with Crippen molar-refractivity contribution < 1.29 is 13.6 Å². The van der Waals surface area contributed by atoms with Crippen molar-refractivity contribution >= 4 is 28.1 Å². The lowest BCUT2D eigenvalue weighted by molar-refractivity contribution is -0.117. The maximum Gasteiger partial charge on any atom is 0.233 e. The summed E-state index contributed by atoms with van der Waals surface area (Å²) in [4.78, 5) is 12.7. The highest BCUT2D eigenvalue weighted by atomic mass is 32.1. The average Bonchev–Trinajstić information content (AvgIpc) is 3.09. The molecule has 2 heterocycles. The summed E-state index contributed by atoms with van der Waals surface area (Å²) < 4.78 is 27.7. The number of rotatable bonds is 3. The first-order valence-electron chi connectivity index (χ1n) is 8.05. The van der Waals surface area contributed by atoms with Crippen molar-refractivity contribution in [2.45, 2.75) is 12.3 Å². The molecule has 0 bridgehead atoms. The van der Waals surface area contributed by atoms with Crippen molar-refractivity contribution in [1.29, 1.82) is 0 Å². The first-order chi connectivity index (χ1) is 12.6. The molecule has 2 N–H and O–H groups in total. The van der Waals surface area contributed by atoms with Gasteiger partial charge in [0.25, 0.3) is 0 Å². The molecule has 1 atom stereocenters. The van der Waals surface area contributed by atoms with Crippen LogP contribution in [0.4, 0.5) is 19.6 Å². The van der Waals surface area contributed by atoms with Gasteiger partial charge in [0.05, 0.1) is 11.5 Å². The molecule has 1 aliphatic rings. The Hall–Kier alpha value is -2.87. The summed E-state index contributed by atoms with van der Waals surface area (Å²) in [6.45, 7) is 0.691. The lowest BCUT2D eigenvalue weighted by atomic mass is 9.90. The second-order valence-corrected chi connectivity index (χ2v) is 6.83. The Morgan fingerprint density at radius 2 is 1.88 bits per heavy atom. The molecule has 26 heavy (non-hydrogen) atoms. The van der Waals surface area contributed by atoms with Crippen LogP contribution in [-0.4, -0.2) is 22.6 Å². The van der Waals surface area contributed by atoms with Crippen LogP contribution in [0.15, 0.2) is 42.5 Å². The Morgan fingerprint density at radius 1 is 1.12 bits per heavy atom. The third kappa shape index (κ3) is 3.03. The third-order valence-corrected chi connectivity index (χ3v) is 5.09. The van der Waals surface area contributed by atoms with Crippen LogP contribution in [0.25, 0.3) is 10.6 Å². The van der Waals surface area contributed by atoms with Gasteiger partial charge < -0.3 is 5.32 Å². The Labute approximate surface area is 152 Å². The molecule has 0 radical (unpaired) electrons. The van der Waals surface area contributed by atoms with Gasteiger partial charge in [0.1, 0.15) is 11.6 Å². The monoisotopic (exact) mass is 372 g/mol. The predicted octanol–water partition coefficient (Wildman–Crippen LogP) is 4.02. The number of nitrogens with zero attached hydrogens (tertiary/aromatic N) is 2. The maximum atomic E-state index is 13.9. The van der Waals surface area contributed by atoms with Crippen molar-refractivity contribution in [3.05, 3.63) is 59.7 Å². The van der Waals surface area contributed by atoms with Crippen LogP contribution in [0.2, 0.25) is 0 Å². The van der Waals surface area contributed by atoms with Crippen LogP contribution in [0.1, 0.15) is 17.9 Å². The van der Waals surface area contributed by atoms with Gasteiger partial charge >= 0.3 is 0 Å². The summed E-state index contributed by atoms with van der Waals surface area (Å²) in [6.07, 6.45) is 0.649. The quantitative estimate of drug-likeness (QED) is 0.729. The van der Waals surface area contributed by atoms with E-state index < -0.39 is 11.6 Å². The Kier molecular flexibility index (Phi) is 4.34. The fraction of sp³-hybridized carbons (Fsp3) is 0.167. The molecule has 5 nitrogen and oxygen atoms in total. The molecule has 0 fully saturated rings. The number of fused-ring (bicyclic) bond motifs is 1. The van der Waals surface area contributed by atoms with Crippen molar-refractivity contribution in [3.8, 4) is 10.6 Å². The van der Waals surface area contributed by atoms with Gasteiger partial charge in [0.2, 0.25) is 11.0 Å². The molecule has 4 rings (SSSR count). The van der Waals surface area contributed by atoms with Crippen molar-refractivity contribution in [2.75, 3.05) is 17.2 Å². The number of nitrogens with one attached hydrogen (secondary N) is 2. The molecule has 1 unspecified atom stereocenters. The predicted molar refractivity (Wildman–Crippen MR) is 96.2 cm³/mol. The highest BCUT2D eigenvalue weighted by Crippen LogP contribution is 2.34. The van der Waals surface area contributed by atoms with Crippen LogP contribution in [0.3, 0.4) is 0 Å². The van der Waals surface area contributed by atoms with E-state index in [1.54, 1.807) is 0 Å². The van der Waals surface area contributed by atoms with E-state index in [4.69, 9.17) is 0 Å². The molecule has 0 saturated carbocycles. The Morgan fingerprint density at radius 3 is 2.69 bits per heavy atom. The van der Waals surface area contributed by atoms with Crippen LogP contribution in [0.5, 0.6) is 0 Å². The minimum absolute atomic E-state index is 0.0848. The molecule has 132 valence electrons. The summed E-state index contributed by atoms with van der Waals surface area (Å²) in [5.41, 5.74) is 1.61. The number of hydrogen-bond acceptors (Lipinski definition) is 5. The second-order valence-electron chi connectivity index (χ2n) is 5.85. The number of carbonyl (C=O) groups is 1. The first kappa shape index (κ1) is 16.6. The lowest BCUT2D eigenvalue weighted by Crippen LogP contribution is -2.27. The zero-order valence-electron chi connectivity index (χ0n) is 13.5. The Bertz CT molecular complexity index is 955. The lowest BCUT2D eigenvalue weighted by Gasteiger charge is -2.25. The van der Waals surface area contributed by atoms with Gasteiger partial charge in [-0.25, -0.2) is 8.78 Å². The molecular weight excluding hydrogens is 358 g/mol. The van der Waals surface area contributed by atoms with Crippen LogP contribution < -0.4 is 10.6 Å². The molecule has 8 heteroatoms.